The van der Waals surface area contributed by atoms with Crippen LogP contribution in [0.4, 0.5) is 0 Å². The number of benzene rings is 2. The van der Waals surface area contributed by atoms with Gasteiger partial charge in [-0.05, 0) is 16.8 Å². The topological polar surface area (TPSA) is 107 Å². The maximum atomic E-state index is 12.5. The lowest BCUT2D eigenvalue weighted by atomic mass is 9.94. The highest BCUT2D eigenvalue weighted by atomic mass is 32.2. The summed E-state index contributed by atoms with van der Waals surface area (Å²) < 4.78 is 5.22. The number of ether oxygens (including phenoxy) is 1. The van der Waals surface area contributed by atoms with Crippen molar-refractivity contribution in [3.63, 3.8) is 0 Å². The molecule has 0 radical (unpaired) electrons. The van der Waals surface area contributed by atoms with E-state index in [4.69, 9.17) is 14.9 Å². The fraction of sp³-hybridized carbons (Fsp3) is 0.450. The van der Waals surface area contributed by atoms with E-state index in [1.54, 1.807) is 6.07 Å². The van der Waals surface area contributed by atoms with Crippen LogP contribution in [0.2, 0.25) is 0 Å². The molecule has 7 heteroatoms. The molecule has 0 aromatic heterocycles. The van der Waals surface area contributed by atoms with E-state index in [0.29, 0.717) is 5.56 Å². The first-order chi connectivity index (χ1) is 13.1. The van der Waals surface area contributed by atoms with E-state index in [0.717, 1.165) is 10.8 Å². The number of rotatable bonds is 12. The van der Waals surface area contributed by atoms with Crippen LogP contribution in [0.5, 0.6) is 0 Å². The van der Waals surface area contributed by atoms with Gasteiger partial charge in [-0.15, -0.1) is 11.8 Å². The SMILES string of the molecule is O=C(CC(CO)C(O)CSCOC(CO)CO)c1ccc2ccccc2c1. The summed E-state index contributed by atoms with van der Waals surface area (Å²) in [7, 11) is 0. The zero-order valence-corrected chi connectivity index (χ0v) is 15.8. The van der Waals surface area contributed by atoms with Crippen molar-refractivity contribution in [3.8, 4) is 0 Å². The van der Waals surface area contributed by atoms with E-state index in [-0.39, 0.29) is 43.7 Å². The van der Waals surface area contributed by atoms with Gasteiger partial charge in [0.25, 0.3) is 0 Å². The van der Waals surface area contributed by atoms with E-state index in [1.165, 1.54) is 11.8 Å². The van der Waals surface area contributed by atoms with Gasteiger partial charge < -0.3 is 25.2 Å². The molecule has 6 nitrogen and oxygen atoms in total. The molecule has 0 bridgehead atoms. The average molecular weight is 394 g/mol. The van der Waals surface area contributed by atoms with E-state index >= 15 is 0 Å². The number of aliphatic hydroxyl groups is 4. The summed E-state index contributed by atoms with van der Waals surface area (Å²) in [6.45, 7) is -0.851. The maximum absolute atomic E-state index is 12.5. The van der Waals surface area contributed by atoms with Crippen molar-refractivity contribution in [3.05, 3.63) is 48.0 Å². The van der Waals surface area contributed by atoms with Crippen molar-refractivity contribution in [1.82, 2.24) is 0 Å². The van der Waals surface area contributed by atoms with Crippen LogP contribution in [0.25, 0.3) is 10.8 Å². The number of hydrogen-bond acceptors (Lipinski definition) is 7. The molecule has 0 spiro atoms. The number of thioether (sulfide) groups is 1. The third kappa shape index (κ3) is 6.57. The van der Waals surface area contributed by atoms with Crippen LogP contribution < -0.4 is 0 Å². The van der Waals surface area contributed by atoms with Gasteiger partial charge in [0, 0.05) is 30.3 Å². The Morgan fingerprint density at radius 1 is 1.00 bits per heavy atom. The van der Waals surface area contributed by atoms with Crippen LogP contribution in [0.15, 0.2) is 42.5 Å². The Bertz CT molecular complexity index is 718. The molecule has 0 fully saturated rings. The van der Waals surface area contributed by atoms with E-state index in [2.05, 4.69) is 0 Å². The minimum absolute atomic E-state index is 0.0489. The normalized spacial score (nSPS) is 13.8. The second-order valence-electron chi connectivity index (χ2n) is 6.34. The van der Waals surface area contributed by atoms with E-state index in [9.17, 15) is 15.0 Å². The van der Waals surface area contributed by atoms with Crippen molar-refractivity contribution in [2.45, 2.75) is 18.6 Å². The van der Waals surface area contributed by atoms with Gasteiger partial charge in [0.1, 0.15) is 6.10 Å². The molecule has 2 atom stereocenters. The van der Waals surface area contributed by atoms with Crippen LogP contribution >= 0.6 is 11.8 Å². The lowest BCUT2D eigenvalue weighted by Crippen LogP contribution is -2.29. The lowest BCUT2D eigenvalue weighted by Gasteiger charge is -2.20. The van der Waals surface area contributed by atoms with Crippen molar-refractivity contribution in [1.29, 1.82) is 0 Å². The smallest absolute Gasteiger partial charge is 0.163 e. The van der Waals surface area contributed by atoms with Gasteiger partial charge in [-0.1, -0.05) is 36.4 Å². The number of aliphatic hydroxyl groups excluding tert-OH is 4. The monoisotopic (exact) mass is 394 g/mol. The van der Waals surface area contributed by atoms with Crippen LogP contribution in [0, 0.1) is 5.92 Å². The molecule has 0 aliphatic heterocycles. The molecular formula is C20H26O6S. The summed E-state index contributed by atoms with van der Waals surface area (Å²) in [5.41, 5.74) is 0.559. The molecular weight excluding hydrogens is 368 g/mol. The summed E-state index contributed by atoms with van der Waals surface area (Å²) in [6, 6.07) is 13.2. The van der Waals surface area contributed by atoms with Crippen molar-refractivity contribution < 1.29 is 30.0 Å². The van der Waals surface area contributed by atoms with Gasteiger partial charge in [0.2, 0.25) is 0 Å². The molecule has 2 aromatic carbocycles. The Labute approximate surface area is 162 Å². The first-order valence-corrected chi connectivity index (χ1v) is 9.96. The number of carbonyl (C=O) groups is 1. The molecule has 4 N–H and O–H groups in total. The third-order valence-electron chi connectivity index (χ3n) is 4.38. The second kappa shape index (κ2) is 11.4. The summed E-state index contributed by atoms with van der Waals surface area (Å²) in [5.74, 6) is -0.219. The molecule has 0 amide bonds. The van der Waals surface area contributed by atoms with Crippen molar-refractivity contribution >= 4 is 28.3 Å². The highest BCUT2D eigenvalue weighted by Gasteiger charge is 2.22. The number of Topliss-reactive ketones (excluding diaryl/α,β-unsaturated/α-hetero) is 1. The summed E-state index contributed by atoms with van der Waals surface area (Å²) >= 11 is 1.27. The van der Waals surface area contributed by atoms with E-state index < -0.39 is 18.1 Å². The third-order valence-corrected chi connectivity index (χ3v) is 5.26. The molecule has 0 saturated carbocycles. The molecule has 0 aliphatic rings. The van der Waals surface area contributed by atoms with Crippen LogP contribution in [0.3, 0.4) is 0 Å². The maximum Gasteiger partial charge on any atom is 0.163 e. The van der Waals surface area contributed by atoms with E-state index in [1.807, 2.05) is 36.4 Å². The fourth-order valence-electron chi connectivity index (χ4n) is 2.65. The molecule has 0 aliphatic carbocycles. The predicted molar refractivity (Wildman–Crippen MR) is 106 cm³/mol. The zero-order chi connectivity index (χ0) is 19.6. The van der Waals surface area contributed by atoms with Gasteiger partial charge in [-0.2, -0.15) is 0 Å². The predicted octanol–water partition coefficient (Wildman–Crippen LogP) is 1.44. The fourth-order valence-corrected chi connectivity index (χ4v) is 3.55. The highest BCUT2D eigenvalue weighted by Crippen LogP contribution is 2.20. The standard InChI is InChI=1S/C20H26O6S/c21-9-17(20(25)12-27-13-26-18(10-22)11-23)8-19(24)16-6-5-14-3-1-2-4-15(14)7-16/h1-7,17-18,20-23,25H,8-13H2. The zero-order valence-electron chi connectivity index (χ0n) is 15.0. The number of ketones is 1. The largest absolute Gasteiger partial charge is 0.396 e. The molecule has 0 saturated heterocycles. The first kappa shape index (κ1) is 21.8. The lowest BCUT2D eigenvalue weighted by molar-refractivity contribution is 0.00183. The Hall–Kier alpha value is -1.48. The molecule has 27 heavy (non-hydrogen) atoms. The Morgan fingerprint density at radius 3 is 2.37 bits per heavy atom. The molecule has 2 rings (SSSR count). The van der Waals surface area contributed by atoms with Crippen molar-refractivity contribution in [2.75, 3.05) is 31.5 Å². The minimum Gasteiger partial charge on any atom is -0.396 e. The van der Waals surface area contributed by atoms with Gasteiger partial charge in [0.05, 0.1) is 25.3 Å². The Kier molecular flexibility index (Phi) is 9.20. The van der Waals surface area contributed by atoms with Gasteiger partial charge in [-0.3, -0.25) is 4.79 Å². The van der Waals surface area contributed by atoms with Crippen LogP contribution in [-0.2, 0) is 4.74 Å². The van der Waals surface area contributed by atoms with Crippen molar-refractivity contribution in [2.24, 2.45) is 5.92 Å². The van der Waals surface area contributed by atoms with Crippen LogP contribution in [-0.4, -0.2) is 69.9 Å². The molecule has 2 unspecified atom stereocenters. The summed E-state index contributed by atoms with van der Waals surface area (Å²) in [5, 5.41) is 39.7. The number of hydrogen-bond donors (Lipinski definition) is 4. The van der Waals surface area contributed by atoms with Gasteiger partial charge in [0.15, 0.2) is 5.78 Å². The molecule has 0 heterocycles. The Morgan fingerprint density at radius 2 is 1.70 bits per heavy atom. The summed E-state index contributed by atoms with van der Waals surface area (Å²) in [6.07, 6.45) is -1.46. The second-order valence-corrected chi connectivity index (χ2v) is 7.32. The average Bonchev–Trinajstić information content (AvgIpc) is 2.71. The van der Waals surface area contributed by atoms with Gasteiger partial charge in [-0.25, -0.2) is 0 Å². The highest BCUT2D eigenvalue weighted by molar-refractivity contribution is 7.99. The minimum atomic E-state index is -0.866. The molecule has 148 valence electrons. The number of carbonyl (C=O) groups excluding carboxylic acids is 1. The van der Waals surface area contributed by atoms with Gasteiger partial charge >= 0.3 is 0 Å². The van der Waals surface area contributed by atoms with Crippen LogP contribution in [0.1, 0.15) is 16.8 Å². The molecule has 2 aromatic rings. The first-order valence-electron chi connectivity index (χ1n) is 8.81. The Balaban J connectivity index is 1.87. The quantitative estimate of drug-likeness (QED) is 0.245. The summed E-state index contributed by atoms with van der Waals surface area (Å²) in [4.78, 5) is 12.5. The number of fused-ring (bicyclic) bond motifs is 1.